The third-order valence-corrected chi connectivity index (χ3v) is 3.67. The second-order valence-corrected chi connectivity index (χ2v) is 5.14. The highest BCUT2D eigenvalue weighted by Crippen LogP contribution is 2.46. The van der Waals surface area contributed by atoms with Gasteiger partial charge < -0.3 is 15.4 Å². The van der Waals surface area contributed by atoms with Crippen molar-refractivity contribution >= 4 is 11.8 Å². The molecule has 2 rings (SSSR count). The number of nitrogens with one attached hydrogen (secondary N) is 2. The largest absolute Gasteiger partial charge is 0.384 e. The Bertz CT molecular complexity index is 483. The van der Waals surface area contributed by atoms with Crippen molar-refractivity contribution in [1.82, 2.24) is 10.6 Å². The number of carbonyl (C=O) groups excluding carboxylic acids is 2. The molecule has 108 valence electrons. The van der Waals surface area contributed by atoms with Crippen LogP contribution >= 0.6 is 0 Å². The van der Waals surface area contributed by atoms with E-state index in [0.717, 1.165) is 18.4 Å². The minimum absolute atomic E-state index is 0.114. The van der Waals surface area contributed by atoms with Gasteiger partial charge in [-0.3, -0.25) is 9.59 Å². The summed E-state index contributed by atoms with van der Waals surface area (Å²) in [5.41, 5.74) is 0.323. The number of amides is 2. The van der Waals surface area contributed by atoms with E-state index in [1.807, 2.05) is 30.3 Å². The molecule has 0 bridgehead atoms. The zero-order chi connectivity index (χ0) is 14.6. The van der Waals surface area contributed by atoms with Gasteiger partial charge in [-0.15, -0.1) is 0 Å². The molecule has 0 saturated heterocycles. The molecular weight excluding hydrogens is 256 g/mol. The first-order chi connectivity index (χ1) is 9.63. The first-order valence-electron chi connectivity index (χ1n) is 6.69. The lowest BCUT2D eigenvalue weighted by atomic mass is 10.0. The average molecular weight is 276 g/mol. The van der Waals surface area contributed by atoms with E-state index in [9.17, 15) is 9.59 Å². The Morgan fingerprint density at radius 3 is 2.45 bits per heavy atom. The number of likely N-dealkylation sites (N-methyl/N-ethyl adjacent to an activating group) is 1. The normalized spacial score (nSPS) is 17.1. The zero-order valence-electron chi connectivity index (χ0n) is 11.8. The second kappa shape index (κ2) is 6.05. The minimum atomic E-state index is -0.664. The van der Waals surface area contributed by atoms with Crippen molar-refractivity contribution in [3.05, 3.63) is 35.9 Å². The monoisotopic (exact) mass is 276 g/mol. The van der Waals surface area contributed by atoms with Crippen LogP contribution in [-0.2, 0) is 14.3 Å². The van der Waals surface area contributed by atoms with E-state index in [1.165, 1.54) is 0 Å². The fourth-order valence-electron chi connectivity index (χ4n) is 2.24. The predicted octanol–water partition coefficient (Wildman–Crippen LogP) is 1.02. The summed E-state index contributed by atoms with van der Waals surface area (Å²) in [5, 5.41) is 5.43. The third kappa shape index (κ3) is 2.99. The summed E-state index contributed by atoms with van der Waals surface area (Å²) in [6.45, 7) is 0.397. The Kier molecular flexibility index (Phi) is 4.39. The topological polar surface area (TPSA) is 67.4 Å². The number of benzene rings is 1. The molecule has 5 nitrogen and oxygen atoms in total. The fraction of sp³-hybridized carbons (Fsp3) is 0.467. The molecule has 0 spiro atoms. The maximum Gasteiger partial charge on any atom is 0.246 e. The van der Waals surface area contributed by atoms with Gasteiger partial charge in [0.15, 0.2) is 0 Å². The van der Waals surface area contributed by atoms with Crippen LogP contribution in [0, 0.1) is 5.41 Å². The Labute approximate surface area is 118 Å². The van der Waals surface area contributed by atoms with Gasteiger partial charge in [-0.1, -0.05) is 30.3 Å². The number of hydrogen-bond donors (Lipinski definition) is 2. The van der Waals surface area contributed by atoms with E-state index < -0.39 is 11.5 Å². The molecule has 0 heterocycles. The van der Waals surface area contributed by atoms with Gasteiger partial charge in [0, 0.05) is 14.2 Å². The van der Waals surface area contributed by atoms with E-state index >= 15 is 0 Å². The summed E-state index contributed by atoms with van der Waals surface area (Å²) in [4.78, 5) is 24.3. The van der Waals surface area contributed by atoms with E-state index in [0.29, 0.717) is 6.61 Å². The van der Waals surface area contributed by atoms with Gasteiger partial charge in [0.25, 0.3) is 0 Å². The molecule has 1 aromatic rings. The third-order valence-electron chi connectivity index (χ3n) is 3.67. The van der Waals surface area contributed by atoms with Gasteiger partial charge in [0.05, 0.1) is 12.0 Å². The van der Waals surface area contributed by atoms with E-state index in [4.69, 9.17) is 4.74 Å². The molecule has 1 saturated carbocycles. The Morgan fingerprint density at radius 1 is 1.30 bits per heavy atom. The lowest BCUT2D eigenvalue weighted by Gasteiger charge is -2.21. The molecule has 0 aromatic heterocycles. The van der Waals surface area contributed by atoms with E-state index in [1.54, 1.807) is 14.2 Å². The number of methoxy groups -OCH3 is 1. The average Bonchev–Trinajstić information content (AvgIpc) is 3.26. The molecular formula is C15H20N2O3. The zero-order valence-corrected chi connectivity index (χ0v) is 11.8. The maximum absolute atomic E-state index is 12.4. The molecule has 2 amide bonds. The summed E-state index contributed by atoms with van der Waals surface area (Å²) in [6, 6.07) is 8.56. The summed E-state index contributed by atoms with van der Waals surface area (Å²) in [5.74, 6) is -0.338. The summed E-state index contributed by atoms with van der Waals surface area (Å²) < 4.78 is 5.10. The molecule has 1 aliphatic rings. The Hall–Kier alpha value is -1.88. The van der Waals surface area contributed by atoms with Gasteiger partial charge in [-0.2, -0.15) is 0 Å². The Morgan fingerprint density at radius 2 is 1.95 bits per heavy atom. The van der Waals surface area contributed by atoms with Crippen LogP contribution < -0.4 is 10.6 Å². The van der Waals surface area contributed by atoms with Crippen LogP contribution in [0.4, 0.5) is 0 Å². The van der Waals surface area contributed by atoms with Gasteiger partial charge in [-0.05, 0) is 18.4 Å². The molecule has 1 fully saturated rings. The number of rotatable bonds is 6. The van der Waals surface area contributed by atoms with Crippen LogP contribution in [0.15, 0.2) is 30.3 Å². The maximum atomic E-state index is 12.4. The smallest absolute Gasteiger partial charge is 0.246 e. The van der Waals surface area contributed by atoms with Gasteiger partial charge >= 0.3 is 0 Å². The molecule has 1 aromatic carbocycles. The first-order valence-corrected chi connectivity index (χ1v) is 6.69. The predicted molar refractivity (Wildman–Crippen MR) is 74.9 cm³/mol. The highest BCUT2D eigenvalue weighted by molar-refractivity contribution is 5.92. The van der Waals surface area contributed by atoms with Crippen molar-refractivity contribution in [3.8, 4) is 0 Å². The van der Waals surface area contributed by atoms with Crippen LogP contribution in [0.1, 0.15) is 24.4 Å². The van der Waals surface area contributed by atoms with Crippen molar-refractivity contribution in [2.24, 2.45) is 5.41 Å². The first kappa shape index (κ1) is 14.5. The van der Waals surface area contributed by atoms with E-state index in [-0.39, 0.29) is 11.8 Å². The van der Waals surface area contributed by atoms with Gasteiger partial charge in [-0.25, -0.2) is 0 Å². The van der Waals surface area contributed by atoms with Crippen molar-refractivity contribution in [2.45, 2.75) is 18.9 Å². The molecule has 20 heavy (non-hydrogen) atoms. The van der Waals surface area contributed by atoms with Crippen molar-refractivity contribution < 1.29 is 14.3 Å². The molecule has 1 atom stereocenters. The van der Waals surface area contributed by atoms with Crippen LogP contribution in [0.2, 0.25) is 0 Å². The van der Waals surface area contributed by atoms with Crippen molar-refractivity contribution in [2.75, 3.05) is 20.8 Å². The molecule has 1 unspecified atom stereocenters. The minimum Gasteiger partial charge on any atom is -0.384 e. The van der Waals surface area contributed by atoms with Crippen LogP contribution in [0.25, 0.3) is 0 Å². The standard InChI is InChI=1S/C15H20N2O3/c1-16-13(18)12(11-6-4-3-5-7-11)17-14(19)15(8-9-15)10-20-2/h3-7,12H,8-10H2,1-2H3,(H,16,18)(H,17,19). The summed E-state index contributed by atoms with van der Waals surface area (Å²) in [6.07, 6.45) is 1.61. The Balaban J connectivity index is 2.13. The number of carbonyl (C=O) groups is 2. The van der Waals surface area contributed by atoms with Gasteiger partial charge in [0.1, 0.15) is 6.04 Å². The molecule has 2 N–H and O–H groups in total. The highest BCUT2D eigenvalue weighted by Gasteiger charge is 2.50. The molecule has 0 aliphatic heterocycles. The van der Waals surface area contributed by atoms with Crippen LogP contribution in [-0.4, -0.2) is 32.6 Å². The highest BCUT2D eigenvalue weighted by atomic mass is 16.5. The van der Waals surface area contributed by atoms with Crippen molar-refractivity contribution in [1.29, 1.82) is 0 Å². The molecule has 5 heteroatoms. The lowest BCUT2D eigenvalue weighted by Crippen LogP contribution is -2.43. The quantitative estimate of drug-likeness (QED) is 0.815. The van der Waals surface area contributed by atoms with Crippen LogP contribution in [0.3, 0.4) is 0 Å². The number of ether oxygens (including phenoxy) is 1. The number of hydrogen-bond acceptors (Lipinski definition) is 3. The van der Waals surface area contributed by atoms with Crippen molar-refractivity contribution in [3.63, 3.8) is 0 Å². The SMILES string of the molecule is CNC(=O)C(NC(=O)C1(COC)CC1)c1ccccc1. The molecule has 0 radical (unpaired) electrons. The fourth-order valence-corrected chi connectivity index (χ4v) is 2.24. The lowest BCUT2D eigenvalue weighted by molar-refractivity contribution is -0.133. The second-order valence-electron chi connectivity index (χ2n) is 5.14. The molecule has 1 aliphatic carbocycles. The van der Waals surface area contributed by atoms with E-state index in [2.05, 4.69) is 10.6 Å². The summed E-state index contributed by atoms with van der Waals surface area (Å²) >= 11 is 0. The van der Waals surface area contributed by atoms with Gasteiger partial charge in [0.2, 0.25) is 11.8 Å². The van der Waals surface area contributed by atoms with Crippen LogP contribution in [0.5, 0.6) is 0 Å². The summed E-state index contributed by atoms with van der Waals surface area (Å²) in [7, 11) is 3.15.